The Morgan fingerprint density at radius 3 is 1.76 bits per heavy atom. The van der Waals surface area contributed by atoms with Gasteiger partial charge in [-0.15, -0.1) is 11.3 Å². The lowest BCUT2D eigenvalue weighted by molar-refractivity contribution is -0.138. The highest BCUT2D eigenvalue weighted by molar-refractivity contribution is 7.09. The zero-order valence-corrected chi connectivity index (χ0v) is 32.3. The molecule has 4 rings (SSSR count). The molecule has 0 aliphatic carbocycles. The summed E-state index contributed by atoms with van der Waals surface area (Å²) in [5.41, 5.74) is 4.06. The number of benzene rings is 3. The van der Waals surface area contributed by atoms with Gasteiger partial charge < -0.3 is 31.7 Å². The van der Waals surface area contributed by atoms with E-state index in [-0.39, 0.29) is 43.4 Å². The fraction of sp³-hybridized carbons (Fsp3) is 0.333. The van der Waals surface area contributed by atoms with Crippen molar-refractivity contribution in [2.24, 2.45) is 0 Å². The van der Waals surface area contributed by atoms with Crippen LogP contribution in [0.4, 0.5) is 5.69 Å². The molecular weight excluding hydrogens is 719 g/mol. The number of carboxylic acids is 1. The van der Waals surface area contributed by atoms with Gasteiger partial charge in [-0.3, -0.25) is 28.8 Å². The Labute approximate surface area is 325 Å². The molecule has 1 heterocycles. The molecule has 55 heavy (non-hydrogen) atoms. The first-order valence-electron chi connectivity index (χ1n) is 18.1. The van der Waals surface area contributed by atoms with E-state index < -0.39 is 54.3 Å². The van der Waals surface area contributed by atoms with Crippen LogP contribution >= 0.6 is 11.3 Å². The third-order valence-electron chi connectivity index (χ3n) is 8.77. The number of rotatable bonds is 18. The molecule has 290 valence electrons. The molecule has 12 nitrogen and oxygen atoms in total. The summed E-state index contributed by atoms with van der Waals surface area (Å²) in [6.45, 7) is 7.54. The minimum atomic E-state index is -1.24. The van der Waals surface area contributed by atoms with Crippen molar-refractivity contribution in [1.29, 1.82) is 0 Å². The molecule has 3 atom stereocenters. The minimum absolute atomic E-state index is 0.0512. The second kappa shape index (κ2) is 20.0. The van der Waals surface area contributed by atoms with Gasteiger partial charge in [0.25, 0.3) is 0 Å². The lowest BCUT2D eigenvalue weighted by Crippen LogP contribution is -2.58. The molecule has 5 amide bonds. The van der Waals surface area contributed by atoms with Crippen LogP contribution in [0, 0.1) is 6.92 Å². The zero-order valence-electron chi connectivity index (χ0n) is 31.5. The van der Waals surface area contributed by atoms with Crippen LogP contribution < -0.4 is 26.6 Å². The predicted octanol–water partition coefficient (Wildman–Crippen LogP) is 4.46. The van der Waals surface area contributed by atoms with Gasteiger partial charge in [0.05, 0.1) is 0 Å². The second-order valence-corrected chi connectivity index (χ2v) is 15.4. The van der Waals surface area contributed by atoms with Crippen molar-refractivity contribution in [3.63, 3.8) is 0 Å². The maximum Gasteiger partial charge on any atom is 0.322 e. The number of carbonyl (C=O) groups excluding carboxylic acids is 5. The minimum Gasteiger partial charge on any atom is -0.480 e. The normalized spacial score (nSPS) is 12.7. The van der Waals surface area contributed by atoms with Crippen molar-refractivity contribution in [2.45, 2.75) is 83.3 Å². The summed E-state index contributed by atoms with van der Waals surface area (Å²) in [7, 11) is 0. The van der Waals surface area contributed by atoms with E-state index in [1.807, 2.05) is 66.9 Å². The maximum absolute atomic E-state index is 14.1. The number of hydrogen-bond acceptors (Lipinski definition) is 7. The van der Waals surface area contributed by atoms with Crippen molar-refractivity contribution >= 4 is 52.5 Å². The summed E-state index contributed by atoms with van der Waals surface area (Å²) < 4.78 is 0. The summed E-state index contributed by atoms with van der Waals surface area (Å²) in [5, 5.41) is 24.5. The molecule has 0 bridgehead atoms. The van der Waals surface area contributed by atoms with Crippen molar-refractivity contribution < 1.29 is 33.9 Å². The van der Waals surface area contributed by atoms with Gasteiger partial charge in [0.2, 0.25) is 29.5 Å². The van der Waals surface area contributed by atoms with Gasteiger partial charge in [0, 0.05) is 42.7 Å². The molecule has 0 spiro atoms. The Kier molecular flexibility index (Phi) is 15.3. The Morgan fingerprint density at radius 1 is 0.636 bits per heavy atom. The number of anilines is 1. The summed E-state index contributed by atoms with van der Waals surface area (Å²) in [4.78, 5) is 79.2. The van der Waals surface area contributed by atoms with Crippen LogP contribution in [-0.4, -0.2) is 65.3 Å². The lowest BCUT2D eigenvalue weighted by atomic mass is 9.86. The highest BCUT2D eigenvalue weighted by atomic mass is 32.1. The monoisotopic (exact) mass is 767 g/mol. The highest BCUT2D eigenvalue weighted by Gasteiger charge is 2.31. The third-order valence-corrected chi connectivity index (χ3v) is 9.67. The van der Waals surface area contributed by atoms with E-state index in [0.29, 0.717) is 5.69 Å². The largest absolute Gasteiger partial charge is 0.480 e. The van der Waals surface area contributed by atoms with E-state index in [1.54, 1.807) is 36.4 Å². The lowest BCUT2D eigenvalue weighted by Gasteiger charge is -2.26. The number of carboxylic acid groups (broad SMARTS) is 1. The molecule has 4 aromatic rings. The number of aryl methyl sites for hydroxylation is 1. The smallest absolute Gasteiger partial charge is 0.322 e. The molecule has 0 saturated carbocycles. The van der Waals surface area contributed by atoms with E-state index in [0.717, 1.165) is 27.1 Å². The molecule has 3 aromatic carbocycles. The van der Waals surface area contributed by atoms with Crippen LogP contribution in [0.1, 0.15) is 60.7 Å². The maximum atomic E-state index is 14.1. The molecule has 0 aliphatic heterocycles. The first kappa shape index (κ1) is 41.9. The fourth-order valence-corrected chi connectivity index (χ4v) is 6.42. The van der Waals surface area contributed by atoms with Crippen molar-refractivity contribution in [3.8, 4) is 0 Å². The Balaban J connectivity index is 1.54. The number of carbonyl (C=O) groups is 6. The standard InChI is InChI=1S/C42H49N5O7S/c1-27-12-18-31(19-13-27)44-36(48)20-21-37(49)45-35(25-32-11-8-22-55-32)41(54)47-34(24-29-14-16-30(17-15-29)42(2,3)4)40(53)46-33(39(52)43-26-38(50)51)23-28-9-6-5-7-10-28/h5-19,22,33-35H,20-21,23-26H2,1-4H3,(H,43,52)(H,44,48)(H,45,49)(H,46,53)(H,47,54)(H,50,51)/t33-,34+,35-/m1/s1. The molecule has 1 aromatic heterocycles. The van der Waals surface area contributed by atoms with Crippen LogP contribution in [0.2, 0.25) is 0 Å². The Bertz CT molecular complexity index is 1910. The van der Waals surface area contributed by atoms with Gasteiger partial charge in [-0.05, 0) is 52.6 Å². The zero-order chi connectivity index (χ0) is 40.0. The van der Waals surface area contributed by atoms with Gasteiger partial charge in [-0.1, -0.05) is 99.1 Å². The SMILES string of the molecule is Cc1ccc(NC(=O)CCC(=O)N[C@H](Cc2cccs2)C(=O)N[C@@H](Cc2ccc(C(C)(C)C)cc2)C(=O)N[C@H](Cc2ccccc2)C(=O)NCC(=O)O)cc1. The van der Waals surface area contributed by atoms with Crippen LogP contribution in [-0.2, 0) is 53.4 Å². The highest BCUT2D eigenvalue weighted by Crippen LogP contribution is 2.23. The first-order chi connectivity index (χ1) is 26.2. The Hall–Kier alpha value is -5.82. The van der Waals surface area contributed by atoms with Gasteiger partial charge in [-0.25, -0.2) is 0 Å². The van der Waals surface area contributed by atoms with Crippen LogP contribution in [0.5, 0.6) is 0 Å². The fourth-order valence-electron chi connectivity index (χ4n) is 5.67. The topological polar surface area (TPSA) is 183 Å². The molecule has 0 unspecified atom stereocenters. The van der Waals surface area contributed by atoms with E-state index in [1.165, 1.54) is 11.3 Å². The molecule has 0 aliphatic rings. The van der Waals surface area contributed by atoms with E-state index in [2.05, 4.69) is 47.4 Å². The van der Waals surface area contributed by atoms with Gasteiger partial charge in [0.15, 0.2) is 0 Å². The molecular formula is C42H49N5O7S. The number of aliphatic carboxylic acids is 1. The summed E-state index contributed by atoms with van der Waals surface area (Å²) in [6, 6.07) is 24.1. The van der Waals surface area contributed by atoms with Crippen LogP contribution in [0.3, 0.4) is 0 Å². The number of hydrogen-bond donors (Lipinski definition) is 6. The average Bonchev–Trinajstić information content (AvgIpc) is 3.66. The first-order valence-corrected chi connectivity index (χ1v) is 19.0. The summed E-state index contributed by atoms with van der Waals surface area (Å²) in [6.07, 6.45) is -0.0468. The molecule has 0 saturated heterocycles. The molecule has 0 radical (unpaired) electrons. The average molecular weight is 768 g/mol. The van der Waals surface area contributed by atoms with E-state index in [9.17, 15) is 33.9 Å². The van der Waals surface area contributed by atoms with Gasteiger partial charge in [-0.2, -0.15) is 0 Å². The third kappa shape index (κ3) is 14.2. The van der Waals surface area contributed by atoms with Gasteiger partial charge >= 0.3 is 5.97 Å². The number of amides is 5. The van der Waals surface area contributed by atoms with Crippen molar-refractivity contribution in [1.82, 2.24) is 21.3 Å². The summed E-state index contributed by atoms with van der Waals surface area (Å²) in [5.74, 6) is -4.13. The number of thiophene rings is 1. The van der Waals surface area contributed by atoms with Gasteiger partial charge in [0.1, 0.15) is 24.7 Å². The van der Waals surface area contributed by atoms with Crippen molar-refractivity contribution in [3.05, 3.63) is 124 Å². The quantitative estimate of drug-likeness (QED) is 0.0865. The van der Waals surface area contributed by atoms with E-state index in [4.69, 9.17) is 0 Å². The van der Waals surface area contributed by atoms with Crippen LogP contribution in [0.25, 0.3) is 0 Å². The molecule has 6 N–H and O–H groups in total. The summed E-state index contributed by atoms with van der Waals surface area (Å²) >= 11 is 1.41. The molecule has 13 heteroatoms. The van der Waals surface area contributed by atoms with E-state index >= 15 is 0 Å². The number of nitrogens with one attached hydrogen (secondary N) is 5. The molecule has 0 fully saturated rings. The predicted molar refractivity (Wildman–Crippen MR) is 212 cm³/mol. The van der Waals surface area contributed by atoms with Crippen molar-refractivity contribution in [2.75, 3.05) is 11.9 Å². The van der Waals surface area contributed by atoms with Crippen LogP contribution in [0.15, 0.2) is 96.4 Å². The Morgan fingerprint density at radius 2 is 1.20 bits per heavy atom. The second-order valence-electron chi connectivity index (χ2n) is 14.4.